The molecule has 1 unspecified atom stereocenters. The molecule has 0 aliphatic rings. The fourth-order valence-corrected chi connectivity index (χ4v) is 3.95. The van der Waals surface area contributed by atoms with Crippen LogP contribution in [0.1, 0.15) is 25.0 Å². The average molecular weight is 439 g/mol. The highest BCUT2D eigenvalue weighted by Gasteiger charge is 2.26. The topological polar surface area (TPSA) is 49.4 Å². The molecule has 2 amide bonds. The van der Waals surface area contributed by atoms with Crippen molar-refractivity contribution in [2.75, 3.05) is 12.3 Å². The van der Waals surface area contributed by atoms with E-state index in [0.717, 1.165) is 11.1 Å². The van der Waals surface area contributed by atoms with Crippen molar-refractivity contribution in [3.63, 3.8) is 0 Å². The van der Waals surface area contributed by atoms with Crippen LogP contribution in [0.4, 0.5) is 0 Å². The molecule has 0 bridgehead atoms. The summed E-state index contributed by atoms with van der Waals surface area (Å²) in [6.07, 6.45) is 0. The van der Waals surface area contributed by atoms with Crippen molar-refractivity contribution in [3.05, 3.63) is 69.7 Å². The van der Waals surface area contributed by atoms with Crippen LogP contribution < -0.4 is 5.32 Å². The Kier molecular flexibility index (Phi) is 9.16. The maximum absolute atomic E-state index is 12.9. The van der Waals surface area contributed by atoms with E-state index in [1.165, 1.54) is 11.8 Å². The molecule has 1 N–H and O–H groups in total. The molecule has 0 aliphatic heterocycles. The summed E-state index contributed by atoms with van der Waals surface area (Å²) in [5, 5.41) is 4.04. The van der Waals surface area contributed by atoms with E-state index in [1.54, 1.807) is 17.9 Å². The lowest BCUT2D eigenvalue weighted by Gasteiger charge is -2.29. The predicted octanol–water partition coefficient (Wildman–Crippen LogP) is 4.78. The Bertz CT molecular complexity index is 816. The van der Waals surface area contributed by atoms with E-state index in [9.17, 15) is 9.59 Å². The number of amides is 2. The Hall–Kier alpha value is -1.69. The van der Waals surface area contributed by atoms with E-state index in [0.29, 0.717) is 22.3 Å². The minimum atomic E-state index is -0.588. The summed E-state index contributed by atoms with van der Waals surface area (Å²) in [4.78, 5) is 26.8. The van der Waals surface area contributed by atoms with Gasteiger partial charge in [0.25, 0.3) is 0 Å². The molecule has 0 saturated carbocycles. The van der Waals surface area contributed by atoms with E-state index in [4.69, 9.17) is 23.2 Å². The van der Waals surface area contributed by atoms with Gasteiger partial charge in [-0.3, -0.25) is 9.59 Å². The van der Waals surface area contributed by atoms with Gasteiger partial charge >= 0.3 is 0 Å². The normalized spacial score (nSPS) is 11.7. The third kappa shape index (κ3) is 6.73. The van der Waals surface area contributed by atoms with Gasteiger partial charge in [-0.25, -0.2) is 0 Å². The van der Waals surface area contributed by atoms with Crippen molar-refractivity contribution < 1.29 is 9.59 Å². The van der Waals surface area contributed by atoms with Crippen LogP contribution in [0.2, 0.25) is 10.0 Å². The lowest BCUT2D eigenvalue weighted by molar-refractivity contribution is -0.138. The van der Waals surface area contributed by atoms with E-state index >= 15 is 0 Å². The molecule has 2 aromatic rings. The van der Waals surface area contributed by atoms with Crippen LogP contribution in [0, 0.1) is 0 Å². The highest BCUT2D eigenvalue weighted by Crippen LogP contribution is 2.21. The summed E-state index contributed by atoms with van der Waals surface area (Å²) < 4.78 is 0. The molecule has 0 aromatic heterocycles. The molecule has 0 saturated heterocycles. The third-order valence-corrected chi connectivity index (χ3v) is 5.79. The molecule has 0 radical (unpaired) electrons. The van der Waals surface area contributed by atoms with E-state index in [-0.39, 0.29) is 24.1 Å². The first-order valence-electron chi connectivity index (χ1n) is 9.05. The first-order valence-corrected chi connectivity index (χ1v) is 11.0. The number of hydrogen-bond acceptors (Lipinski definition) is 3. The first kappa shape index (κ1) is 22.6. The number of halogens is 2. The van der Waals surface area contributed by atoms with Crippen molar-refractivity contribution in [3.8, 4) is 0 Å². The molecule has 4 nitrogen and oxygen atoms in total. The molecule has 150 valence electrons. The van der Waals surface area contributed by atoms with Gasteiger partial charge in [0.1, 0.15) is 6.04 Å². The molecule has 28 heavy (non-hydrogen) atoms. The number of carbonyl (C=O) groups excluding carboxylic acids is 2. The number of nitrogens with zero attached hydrogens (tertiary/aromatic N) is 1. The Morgan fingerprint density at radius 3 is 2.57 bits per heavy atom. The van der Waals surface area contributed by atoms with Crippen LogP contribution in [0.3, 0.4) is 0 Å². The monoisotopic (exact) mass is 438 g/mol. The molecule has 7 heteroatoms. The zero-order chi connectivity index (χ0) is 20.5. The van der Waals surface area contributed by atoms with Crippen molar-refractivity contribution in [2.24, 2.45) is 0 Å². The van der Waals surface area contributed by atoms with E-state index in [1.807, 2.05) is 49.4 Å². The number of thioether (sulfide) groups is 1. The van der Waals surface area contributed by atoms with E-state index < -0.39 is 6.04 Å². The number of benzene rings is 2. The molecule has 0 spiro atoms. The highest BCUT2D eigenvalue weighted by atomic mass is 35.5. The lowest BCUT2D eigenvalue weighted by atomic mass is 10.1. The number of rotatable bonds is 9. The van der Waals surface area contributed by atoms with Gasteiger partial charge < -0.3 is 10.2 Å². The number of carbonyl (C=O) groups is 2. The number of likely N-dealkylation sites (N-methyl/N-ethyl adjacent to an activating group) is 1. The average Bonchev–Trinajstić information content (AvgIpc) is 2.67. The Labute approximate surface area is 180 Å². The Balaban J connectivity index is 2.07. The van der Waals surface area contributed by atoms with Crippen LogP contribution in [0.5, 0.6) is 0 Å². The smallest absolute Gasteiger partial charge is 0.242 e. The summed E-state index contributed by atoms with van der Waals surface area (Å²) in [6, 6.07) is 14.3. The standard InChI is InChI=1S/C21H24Cl2N2O2S/c1-3-24-21(27)15(2)25(12-17-8-4-5-10-19(17)23)20(26)14-28-13-16-7-6-9-18(22)11-16/h4-11,15H,3,12-14H2,1-2H3,(H,24,27). The predicted molar refractivity (Wildman–Crippen MR) is 118 cm³/mol. The minimum absolute atomic E-state index is 0.106. The third-order valence-electron chi connectivity index (χ3n) is 4.20. The summed E-state index contributed by atoms with van der Waals surface area (Å²) in [7, 11) is 0. The van der Waals surface area contributed by atoms with Gasteiger partial charge in [0.05, 0.1) is 5.75 Å². The molecule has 0 aliphatic carbocycles. The van der Waals surface area contributed by atoms with Gasteiger partial charge in [0.2, 0.25) is 11.8 Å². The van der Waals surface area contributed by atoms with Gasteiger partial charge in [0, 0.05) is 28.9 Å². The summed E-state index contributed by atoms with van der Waals surface area (Å²) >= 11 is 13.8. The van der Waals surface area contributed by atoms with Gasteiger partial charge in [-0.05, 0) is 43.2 Å². The van der Waals surface area contributed by atoms with Gasteiger partial charge in [-0.15, -0.1) is 11.8 Å². The van der Waals surface area contributed by atoms with Gasteiger partial charge in [0.15, 0.2) is 0 Å². The maximum Gasteiger partial charge on any atom is 0.242 e. The van der Waals surface area contributed by atoms with Crippen LogP contribution in [-0.2, 0) is 21.9 Å². The first-order chi connectivity index (χ1) is 13.4. The van der Waals surface area contributed by atoms with Crippen molar-refractivity contribution >= 4 is 46.8 Å². The summed E-state index contributed by atoms with van der Waals surface area (Å²) in [5.41, 5.74) is 1.87. The zero-order valence-electron chi connectivity index (χ0n) is 16.0. The maximum atomic E-state index is 12.9. The second-order valence-corrected chi connectivity index (χ2v) is 8.14. The molecule has 2 rings (SSSR count). The number of hydrogen-bond donors (Lipinski definition) is 1. The minimum Gasteiger partial charge on any atom is -0.355 e. The largest absolute Gasteiger partial charge is 0.355 e. The van der Waals surface area contributed by atoms with Gasteiger partial charge in [-0.1, -0.05) is 53.5 Å². The summed E-state index contributed by atoms with van der Waals surface area (Å²) in [6.45, 7) is 4.39. The van der Waals surface area contributed by atoms with Crippen molar-refractivity contribution in [2.45, 2.75) is 32.2 Å². The van der Waals surface area contributed by atoms with Crippen molar-refractivity contribution in [1.29, 1.82) is 0 Å². The zero-order valence-corrected chi connectivity index (χ0v) is 18.3. The molecule has 1 atom stereocenters. The molecular formula is C21H24Cl2N2O2S. The number of nitrogens with one attached hydrogen (secondary N) is 1. The fourth-order valence-electron chi connectivity index (χ4n) is 2.68. The van der Waals surface area contributed by atoms with Crippen LogP contribution in [0.25, 0.3) is 0 Å². The molecule has 0 heterocycles. The van der Waals surface area contributed by atoms with E-state index in [2.05, 4.69) is 5.32 Å². The highest BCUT2D eigenvalue weighted by molar-refractivity contribution is 7.99. The Morgan fingerprint density at radius 1 is 1.14 bits per heavy atom. The molecular weight excluding hydrogens is 415 g/mol. The van der Waals surface area contributed by atoms with Gasteiger partial charge in [-0.2, -0.15) is 0 Å². The molecule has 2 aromatic carbocycles. The molecule has 0 fully saturated rings. The SMILES string of the molecule is CCNC(=O)C(C)N(Cc1ccccc1Cl)C(=O)CSCc1cccc(Cl)c1. The fraction of sp³-hybridized carbons (Fsp3) is 0.333. The Morgan fingerprint density at radius 2 is 1.89 bits per heavy atom. The van der Waals surface area contributed by atoms with Crippen LogP contribution in [0.15, 0.2) is 48.5 Å². The van der Waals surface area contributed by atoms with Crippen LogP contribution >= 0.6 is 35.0 Å². The van der Waals surface area contributed by atoms with Crippen molar-refractivity contribution in [1.82, 2.24) is 10.2 Å². The van der Waals surface area contributed by atoms with Crippen LogP contribution in [-0.4, -0.2) is 35.1 Å². The summed E-state index contributed by atoms with van der Waals surface area (Å²) in [5.74, 6) is 0.649. The lowest BCUT2D eigenvalue weighted by Crippen LogP contribution is -2.48. The quantitative estimate of drug-likeness (QED) is 0.612. The second-order valence-electron chi connectivity index (χ2n) is 6.31. The second kappa shape index (κ2) is 11.3.